The average molecular weight is 499 g/mol. The summed E-state index contributed by atoms with van der Waals surface area (Å²) in [5.41, 5.74) is 1.57. The van der Waals surface area contributed by atoms with E-state index in [4.69, 9.17) is 4.74 Å². The van der Waals surface area contributed by atoms with Gasteiger partial charge in [0.25, 0.3) is 0 Å². The number of carbonyl (C=O) groups is 2. The smallest absolute Gasteiger partial charge is 0.220 e. The Hall–Kier alpha value is -4.27. The van der Waals surface area contributed by atoms with Gasteiger partial charge in [0.1, 0.15) is 11.6 Å². The molecule has 9 nitrogen and oxygen atoms in total. The molecule has 1 aliphatic rings. The van der Waals surface area contributed by atoms with Crippen LogP contribution in [0.3, 0.4) is 0 Å². The molecule has 0 radical (unpaired) electrons. The first kappa shape index (κ1) is 24.4. The van der Waals surface area contributed by atoms with Crippen molar-refractivity contribution in [1.82, 2.24) is 30.8 Å². The number of amides is 2. The molecular formula is C28H30N6O3. The second-order valence-electron chi connectivity index (χ2n) is 9.42. The van der Waals surface area contributed by atoms with Gasteiger partial charge in [0.2, 0.25) is 11.8 Å². The number of carbonyl (C=O) groups excluding carboxylic acids is 2. The van der Waals surface area contributed by atoms with Gasteiger partial charge < -0.3 is 15.4 Å². The van der Waals surface area contributed by atoms with Crippen molar-refractivity contribution in [2.75, 3.05) is 13.7 Å². The second-order valence-corrected chi connectivity index (χ2v) is 9.42. The molecule has 0 aliphatic carbocycles. The van der Waals surface area contributed by atoms with Crippen LogP contribution in [-0.4, -0.2) is 51.2 Å². The van der Waals surface area contributed by atoms with Gasteiger partial charge in [-0.1, -0.05) is 30.3 Å². The van der Waals surface area contributed by atoms with Gasteiger partial charge >= 0.3 is 0 Å². The Bertz CT molecular complexity index is 1400. The second kappa shape index (κ2) is 10.8. The molecule has 37 heavy (non-hydrogen) atoms. The molecule has 0 saturated carbocycles. The summed E-state index contributed by atoms with van der Waals surface area (Å²) in [6.45, 7) is 0.451. The number of hydrogen-bond acceptors (Lipinski definition) is 6. The zero-order chi connectivity index (χ0) is 25.7. The highest BCUT2D eigenvalue weighted by molar-refractivity contribution is 5.91. The Morgan fingerprint density at radius 1 is 1.11 bits per heavy atom. The molecule has 2 amide bonds. The first-order valence-electron chi connectivity index (χ1n) is 12.5. The monoisotopic (exact) mass is 498 g/mol. The molecule has 2 aromatic carbocycles. The quantitative estimate of drug-likeness (QED) is 0.308. The van der Waals surface area contributed by atoms with Crippen LogP contribution in [0.15, 0.2) is 60.9 Å². The summed E-state index contributed by atoms with van der Waals surface area (Å²) in [6.07, 6.45) is 6.67. The summed E-state index contributed by atoms with van der Waals surface area (Å²) in [5.74, 6) is 2.12. The zero-order valence-electron chi connectivity index (χ0n) is 20.8. The molecule has 0 spiro atoms. The van der Waals surface area contributed by atoms with Crippen LogP contribution in [0.5, 0.6) is 5.75 Å². The number of pyridine rings is 1. The molecule has 0 bridgehead atoms. The van der Waals surface area contributed by atoms with Crippen molar-refractivity contribution in [1.29, 1.82) is 0 Å². The fourth-order valence-corrected chi connectivity index (χ4v) is 5.01. The third kappa shape index (κ3) is 5.61. The van der Waals surface area contributed by atoms with Crippen molar-refractivity contribution in [3.05, 3.63) is 72.3 Å². The molecule has 1 unspecified atom stereocenters. The fourth-order valence-electron chi connectivity index (χ4n) is 5.01. The van der Waals surface area contributed by atoms with E-state index in [9.17, 15) is 9.59 Å². The lowest BCUT2D eigenvalue weighted by atomic mass is 9.83. The minimum Gasteiger partial charge on any atom is -0.496 e. The normalized spacial score (nSPS) is 17.1. The van der Waals surface area contributed by atoms with Gasteiger partial charge in [0, 0.05) is 54.7 Å². The number of nitrogens with zero attached hydrogens (tertiary/aromatic N) is 3. The summed E-state index contributed by atoms with van der Waals surface area (Å²) < 4.78 is 5.53. The highest BCUT2D eigenvalue weighted by Gasteiger charge is 2.38. The highest BCUT2D eigenvalue weighted by Crippen LogP contribution is 2.34. The summed E-state index contributed by atoms with van der Waals surface area (Å²) in [5, 5.41) is 15.5. The fraction of sp³-hybridized carbons (Fsp3) is 0.321. The molecule has 1 atom stereocenters. The van der Waals surface area contributed by atoms with E-state index in [-0.39, 0.29) is 11.8 Å². The van der Waals surface area contributed by atoms with Crippen molar-refractivity contribution < 1.29 is 14.3 Å². The van der Waals surface area contributed by atoms with E-state index in [2.05, 4.69) is 42.9 Å². The lowest BCUT2D eigenvalue weighted by molar-refractivity contribution is -0.122. The minimum absolute atomic E-state index is 0.0357. The Kier molecular flexibility index (Phi) is 7.11. The van der Waals surface area contributed by atoms with Crippen molar-refractivity contribution in [3.8, 4) is 17.1 Å². The summed E-state index contributed by atoms with van der Waals surface area (Å²) in [6, 6.07) is 15.8. The first-order chi connectivity index (χ1) is 18.0. The van der Waals surface area contributed by atoms with Crippen LogP contribution in [0.4, 0.5) is 0 Å². The molecule has 1 fully saturated rings. The number of rotatable bonds is 10. The molecule has 2 aromatic heterocycles. The number of ether oxygens (including phenoxy) is 1. The van der Waals surface area contributed by atoms with Crippen LogP contribution in [0.25, 0.3) is 22.2 Å². The largest absolute Gasteiger partial charge is 0.496 e. The number of H-pyrrole nitrogens is 1. The van der Waals surface area contributed by atoms with Crippen LogP contribution < -0.4 is 15.4 Å². The maximum absolute atomic E-state index is 12.7. The number of hydrogen-bond donors (Lipinski definition) is 3. The van der Waals surface area contributed by atoms with Gasteiger partial charge in [-0.05, 0) is 48.4 Å². The molecule has 9 heteroatoms. The molecule has 5 rings (SSSR count). The highest BCUT2D eigenvalue weighted by atomic mass is 16.5. The third-order valence-corrected chi connectivity index (χ3v) is 6.94. The van der Waals surface area contributed by atoms with E-state index in [1.165, 1.54) is 0 Å². The third-order valence-electron chi connectivity index (χ3n) is 6.94. The molecule has 4 aromatic rings. The van der Waals surface area contributed by atoms with Crippen LogP contribution in [-0.2, 0) is 22.4 Å². The topological polar surface area (TPSA) is 122 Å². The van der Waals surface area contributed by atoms with E-state index in [0.717, 1.165) is 27.6 Å². The standard InChI is InChI=1S/C28H30N6O3/c1-37-23-7-6-20(21-4-2-3-5-22(21)23)18-28(14-9-26(36)32-28)13-8-25(35)30-17-12-24-31-27(34-33-24)19-10-15-29-16-11-19/h2-7,10-11,15-16H,8-9,12-14,17-18H2,1H3,(H,30,35)(H,32,36)(H,31,33,34). The number of nitrogens with one attached hydrogen (secondary N) is 3. The minimum atomic E-state index is -0.448. The van der Waals surface area contributed by atoms with E-state index in [1.807, 2.05) is 36.4 Å². The summed E-state index contributed by atoms with van der Waals surface area (Å²) >= 11 is 0. The maximum Gasteiger partial charge on any atom is 0.220 e. The predicted molar refractivity (Wildman–Crippen MR) is 140 cm³/mol. The maximum atomic E-state index is 12.7. The van der Waals surface area contributed by atoms with E-state index in [0.29, 0.717) is 56.7 Å². The van der Waals surface area contributed by atoms with E-state index < -0.39 is 5.54 Å². The van der Waals surface area contributed by atoms with Crippen molar-refractivity contribution >= 4 is 22.6 Å². The molecule has 3 N–H and O–H groups in total. The van der Waals surface area contributed by atoms with Gasteiger partial charge in [-0.25, -0.2) is 4.98 Å². The van der Waals surface area contributed by atoms with Gasteiger partial charge in [0.15, 0.2) is 5.82 Å². The van der Waals surface area contributed by atoms with Crippen LogP contribution >= 0.6 is 0 Å². The summed E-state index contributed by atoms with van der Waals surface area (Å²) in [4.78, 5) is 33.4. The number of benzene rings is 2. The average Bonchev–Trinajstić information content (AvgIpc) is 3.55. The number of fused-ring (bicyclic) bond motifs is 1. The number of aromatic amines is 1. The van der Waals surface area contributed by atoms with Gasteiger partial charge in [-0.3, -0.25) is 19.7 Å². The van der Waals surface area contributed by atoms with E-state index >= 15 is 0 Å². The molecule has 1 aliphatic heterocycles. The predicted octanol–water partition coefficient (Wildman–Crippen LogP) is 3.36. The lowest BCUT2D eigenvalue weighted by Crippen LogP contribution is -2.44. The number of aromatic nitrogens is 4. The van der Waals surface area contributed by atoms with Gasteiger partial charge in [0.05, 0.1) is 7.11 Å². The van der Waals surface area contributed by atoms with Crippen LogP contribution in [0.1, 0.15) is 37.1 Å². The van der Waals surface area contributed by atoms with Crippen molar-refractivity contribution in [2.24, 2.45) is 0 Å². The Morgan fingerprint density at radius 2 is 1.92 bits per heavy atom. The number of methoxy groups -OCH3 is 1. The van der Waals surface area contributed by atoms with Crippen molar-refractivity contribution in [3.63, 3.8) is 0 Å². The molecular weight excluding hydrogens is 468 g/mol. The lowest BCUT2D eigenvalue weighted by Gasteiger charge is -2.30. The van der Waals surface area contributed by atoms with Crippen LogP contribution in [0.2, 0.25) is 0 Å². The Labute approximate surface area is 215 Å². The Morgan fingerprint density at radius 3 is 2.68 bits per heavy atom. The van der Waals surface area contributed by atoms with E-state index in [1.54, 1.807) is 19.5 Å². The van der Waals surface area contributed by atoms with Gasteiger partial charge in [-0.2, -0.15) is 5.10 Å². The summed E-state index contributed by atoms with van der Waals surface area (Å²) in [7, 11) is 1.67. The molecule has 3 heterocycles. The zero-order valence-corrected chi connectivity index (χ0v) is 20.8. The van der Waals surface area contributed by atoms with Crippen LogP contribution in [0, 0.1) is 0 Å². The molecule has 1 saturated heterocycles. The Balaban J connectivity index is 1.19. The van der Waals surface area contributed by atoms with Crippen molar-refractivity contribution in [2.45, 2.75) is 44.1 Å². The van der Waals surface area contributed by atoms with Gasteiger partial charge in [-0.15, -0.1) is 0 Å². The molecule has 190 valence electrons. The first-order valence-corrected chi connectivity index (χ1v) is 12.5. The SMILES string of the molecule is COc1ccc(CC2(CCC(=O)NCCc3nc(-c4ccncc4)n[nH]3)CCC(=O)N2)c2ccccc12.